The molecule has 4 rings (SSSR count). The zero-order valence-corrected chi connectivity index (χ0v) is 21.1. The number of halogens is 2. The number of ether oxygens (including phenoxy) is 2. The number of benzene rings is 1. The minimum atomic E-state index is -0.245. The Morgan fingerprint density at radius 3 is 2.88 bits per heavy atom. The molecule has 0 radical (unpaired) electrons. The number of thiocarbonyl (C=S) groups is 1. The van der Waals surface area contributed by atoms with Crippen LogP contribution in [0.15, 0.2) is 47.9 Å². The Balaban J connectivity index is 1.49. The van der Waals surface area contributed by atoms with Gasteiger partial charge in [0.1, 0.15) is 10.7 Å². The normalized spacial score (nSPS) is 17.0. The molecule has 1 aromatic heterocycles. The average molecular weight is 521 g/mol. The third-order valence-corrected chi connectivity index (χ3v) is 7.20. The highest BCUT2D eigenvalue weighted by Gasteiger charge is 2.37. The molecule has 1 saturated heterocycles. The Kier molecular flexibility index (Phi) is 7.93. The summed E-state index contributed by atoms with van der Waals surface area (Å²) in [6.45, 7) is 5.12. The van der Waals surface area contributed by atoms with E-state index in [0.29, 0.717) is 66.4 Å². The van der Waals surface area contributed by atoms with Gasteiger partial charge in [0.05, 0.1) is 52.7 Å². The molecule has 0 unspecified atom stereocenters. The van der Waals surface area contributed by atoms with Gasteiger partial charge in [-0.15, -0.1) is 0 Å². The van der Waals surface area contributed by atoms with Crippen LogP contribution in [0.25, 0.3) is 0 Å². The molecule has 0 saturated carbocycles. The second kappa shape index (κ2) is 10.9. The van der Waals surface area contributed by atoms with E-state index in [1.54, 1.807) is 30.6 Å². The number of aromatic nitrogens is 1. The van der Waals surface area contributed by atoms with Crippen LogP contribution >= 0.6 is 35.4 Å². The molecule has 1 aromatic carbocycles. The van der Waals surface area contributed by atoms with Crippen LogP contribution in [0.4, 0.5) is 5.69 Å². The Bertz CT molecular complexity index is 1120. The number of hydrogen-bond acceptors (Lipinski definition) is 6. The highest BCUT2D eigenvalue weighted by molar-refractivity contribution is 7.81. The average Bonchev–Trinajstić information content (AvgIpc) is 2.81. The van der Waals surface area contributed by atoms with Crippen molar-refractivity contribution >= 4 is 52.0 Å². The van der Waals surface area contributed by atoms with Gasteiger partial charge in [-0.25, -0.2) is 0 Å². The number of amides is 1. The molecule has 0 spiro atoms. The van der Waals surface area contributed by atoms with E-state index in [0.717, 1.165) is 17.7 Å². The van der Waals surface area contributed by atoms with Gasteiger partial charge in [0.15, 0.2) is 0 Å². The fourth-order valence-electron chi connectivity index (χ4n) is 3.75. The predicted molar refractivity (Wildman–Crippen MR) is 137 cm³/mol. The Labute approximate surface area is 214 Å². The first-order valence-electron chi connectivity index (χ1n) is 11.1. The summed E-state index contributed by atoms with van der Waals surface area (Å²) in [5, 5.41) is 10.0. The first kappa shape index (κ1) is 24.7. The van der Waals surface area contributed by atoms with Crippen LogP contribution < -0.4 is 20.7 Å². The van der Waals surface area contributed by atoms with Gasteiger partial charge in [-0.05, 0) is 24.6 Å². The molecule has 2 aliphatic rings. The van der Waals surface area contributed by atoms with E-state index in [9.17, 15) is 4.79 Å². The van der Waals surface area contributed by atoms with Gasteiger partial charge in [-0.1, -0.05) is 48.4 Å². The molecule has 7 nitrogen and oxygen atoms in total. The van der Waals surface area contributed by atoms with Gasteiger partial charge in [0, 0.05) is 37.0 Å². The van der Waals surface area contributed by atoms with Crippen LogP contribution in [-0.2, 0) is 16.1 Å². The smallest absolute Gasteiger partial charge is 0.256 e. The van der Waals surface area contributed by atoms with E-state index in [1.807, 2.05) is 6.07 Å². The van der Waals surface area contributed by atoms with Crippen LogP contribution in [0.1, 0.15) is 25.3 Å². The summed E-state index contributed by atoms with van der Waals surface area (Å²) in [4.78, 5) is 17.2. The zero-order valence-electron chi connectivity index (χ0n) is 18.7. The molecule has 2 aliphatic heterocycles. The van der Waals surface area contributed by atoms with E-state index in [2.05, 4.69) is 27.9 Å². The summed E-state index contributed by atoms with van der Waals surface area (Å²) >= 11 is 18.0. The monoisotopic (exact) mass is 520 g/mol. The van der Waals surface area contributed by atoms with Gasteiger partial charge in [-0.2, -0.15) is 0 Å². The summed E-state index contributed by atoms with van der Waals surface area (Å²) in [7, 11) is 0. The second-order valence-corrected chi connectivity index (χ2v) is 9.58. The van der Waals surface area contributed by atoms with E-state index in [-0.39, 0.29) is 16.3 Å². The van der Waals surface area contributed by atoms with Gasteiger partial charge in [0.25, 0.3) is 5.91 Å². The third-order valence-electron chi connectivity index (χ3n) is 6.08. The number of nitrogens with one attached hydrogen (secondary N) is 3. The van der Waals surface area contributed by atoms with Crippen LogP contribution in [0.3, 0.4) is 0 Å². The van der Waals surface area contributed by atoms with E-state index >= 15 is 0 Å². The number of pyridine rings is 1. The molecule has 0 atom stereocenters. The van der Waals surface area contributed by atoms with Crippen molar-refractivity contribution in [2.45, 2.75) is 26.3 Å². The Morgan fingerprint density at radius 1 is 1.32 bits per heavy atom. The lowest BCUT2D eigenvalue weighted by Gasteiger charge is -2.40. The number of nitrogens with zero attached hydrogens (tertiary/aromatic N) is 1. The largest absolute Gasteiger partial charge is 0.491 e. The maximum absolute atomic E-state index is 12.7. The van der Waals surface area contributed by atoms with Gasteiger partial charge in [-0.3, -0.25) is 9.78 Å². The highest BCUT2D eigenvalue weighted by Crippen LogP contribution is 2.33. The molecule has 0 bridgehead atoms. The van der Waals surface area contributed by atoms with Crippen molar-refractivity contribution in [1.82, 2.24) is 15.6 Å². The summed E-state index contributed by atoms with van der Waals surface area (Å²) in [5.41, 5.74) is 2.68. The van der Waals surface area contributed by atoms with Crippen molar-refractivity contribution in [2.75, 3.05) is 31.7 Å². The molecular formula is C24H26Cl2N4O3S. The highest BCUT2D eigenvalue weighted by atomic mass is 35.5. The van der Waals surface area contributed by atoms with Crippen molar-refractivity contribution in [3.63, 3.8) is 0 Å². The summed E-state index contributed by atoms with van der Waals surface area (Å²) in [5.74, 6) is 0.467. The van der Waals surface area contributed by atoms with Gasteiger partial charge in [0.2, 0.25) is 0 Å². The fraction of sp³-hybridized carbons (Fsp3) is 0.375. The molecule has 10 heteroatoms. The SMILES string of the molecule is CCC1(COc2cnccc2CNC2=C(C(=S)Nc3cccc(Cl)c3Cl)C(=O)NCC2)COC1. The minimum absolute atomic E-state index is 0.0666. The molecule has 1 fully saturated rings. The molecule has 34 heavy (non-hydrogen) atoms. The molecule has 1 amide bonds. The lowest BCUT2D eigenvalue weighted by atomic mass is 9.84. The third kappa shape index (κ3) is 5.46. The van der Waals surface area contributed by atoms with Crippen molar-refractivity contribution in [3.8, 4) is 5.75 Å². The molecule has 180 valence electrons. The molecule has 2 aromatic rings. The Hall–Kier alpha value is -2.39. The number of carbonyl (C=O) groups excluding carboxylic acids is 1. The molecule has 3 N–H and O–H groups in total. The summed E-state index contributed by atoms with van der Waals surface area (Å²) in [6.07, 6.45) is 5.05. The number of rotatable bonds is 9. The molecular weight excluding hydrogens is 495 g/mol. The first-order chi connectivity index (χ1) is 16.4. The van der Waals surface area contributed by atoms with E-state index in [1.165, 1.54) is 0 Å². The van der Waals surface area contributed by atoms with Crippen LogP contribution in [0.5, 0.6) is 5.75 Å². The fourth-order valence-corrected chi connectivity index (χ4v) is 4.42. The quantitative estimate of drug-likeness (QED) is 0.419. The van der Waals surface area contributed by atoms with Crippen molar-refractivity contribution < 1.29 is 14.3 Å². The van der Waals surface area contributed by atoms with Gasteiger partial charge < -0.3 is 25.4 Å². The second-order valence-electron chi connectivity index (χ2n) is 8.39. The van der Waals surface area contributed by atoms with Crippen molar-refractivity contribution in [2.24, 2.45) is 5.41 Å². The number of anilines is 1. The molecule has 0 aliphatic carbocycles. The maximum atomic E-state index is 12.7. The Morgan fingerprint density at radius 2 is 2.15 bits per heavy atom. The number of carbonyl (C=O) groups is 1. The van der Waals surface area contributed by atoms with Crippen molar-refractivity contribution in [1.29, 1.82) is 0 Å². The van der Waals surface area contributed by atoms with Gasteiger partial charge >= 0.3 is 0 Å². The number of hydrogen-bond donors (Lipinski definition) is 3. The lowest BCUT2D eigenvalue weighted by Crippen LogP contribution is -2.46. The topological polar surface area (TPSA) is 84.5 Å². The van der Waals surface area contributed by atoms with E-state index in [4.69, 9.17) is 44.9 Å². The first-order valence-corrected chi connectivity index (χ1v) is 12.2. The predicted octanol–water partition coefficient (Wildman–Crippen LogP) is 4.50. The lowest BCUT2D eigenvalue weighted by molar-refractivity contribution is -0.133. The minimum Gasteiger partial charge on any atom is -0.491 e. The van der Waals surface area contributed by atoms with Crippen LogP contribution in [0, 0.1) is 5.41 Å². The van der Waals surface area contributed by atoms with E-state index < -0.39 is 0 Å². The van der Waals surface area contributed by atoms with Crippen LogP contribution in [-0.4, -0.2) is 42.2 Å². The summed E-state index contributed by atoms with van der Waals surface area (Å²) < 4.78 is 11.5. The van der Waals surface area contributed by atoms with Crippen LogP contribution in [0.2, 0.25) is 10.0 Å². The van der Waals surface area contributed by atoms with Crippen molar-refractivity contribution in [3.05, 3.63) is 63.5 Å². The maximum Gasteiger partial charge on any atom is 0.256 e. The zero-order chi connectivity index (χ0) is 24.1. The molecule has 3 heterocycles. The summed E-state index contributed by atoms with van der Waals surface area (Å²) in [6, 6.07) is 7.11. The standard InChI is InChI=1S/C24H26Cl2N4O3S/c1-2-24(12-32-13-24)14-33-19-11-27-8-6-15(19)10-29-17-7-9-28-22(31)20(17)23(34)30-18-5-3-4-16(25)21(18)26/h3-6,8,11,29H,2,7,9-10,12-14H2,1H3,(H,28,31)(H,30,34).